The van der Waals surface area contributed by atoms with Crippen LogP contribution in [0.4, 0.5) is 0 Å². The molecule has 0 radical (unpaired) electrons. The van der Waals surface area contributed by atoms with E-state index in [1.54, 1.807) is 0 Å². The highest BCUT2D eigenvalue weighted by atomic mass is 16.1. The van der Waals surface area contributed by atoms with Crippen LogP contribution in [0.2, 0.25) is 0 Å². The van der Waals surface area contributed by atoms with Crippen LogP contribution in [0.1, 0.15) is 65.1 Å². The first-order valence-corrected chi connectivity index (χ1v) is 7.96. The lowest BCUT2D eigenvalue weighted by atomic mass is 9.83. The summed E-state index contributed by atoms with van der Waals surface area (Å²) in [4.78, 5) is 12.6. The molecular weight excluding hydrogens is 256 g/mol. The standard InChI is InChI=1S/C20H22O/c1-15-7-5-6-10-19(15)20(21)18-13-11-17(12-14-18)16-8-3-2-4-9-16/h5-7,10-14,16H,2-4,8-9H2,1H3. The molecule has 0 aliphatic heterocycles. The summed E-state index contributed by atoms with van der Waals surface area (Å²) in [5, 5.41) is 0. The molecule has 0 spiro atoms. The minimum absolute atomic E-state index is 0.128. The maximum absolute atomic E-state index is 12.6. The molecule has 0 N–H and O–H groups in total. The second-order valence-corrected chi connectivity index (χ2v) is 6.10. The van der Waals surface area contributed by atoms with Crippen molar-refractivity contribution in [2.24, 2.45) is 0 Å². The lowest BCUT2D eigenvalue weighted by molar-refractivity contribution is 0.103. The van der Waals surface area contributed by atoms with Gasteiger partial charge in [-0.3, -0.25) is 4.79 Å². The van der Waals surface area contributed by atoms with Gasteiger partial charge < -0.3 is 0 Å². The summed E-state index contributed by atoms with van der Waals surface area (Å²) in [7, 11) is 0. The monoisotopic (exact) mass is 278 g/mol. The topological polar surface area (TPSA) is 17.1 Å². The molecule has 0 amide bonds. The quantitative estimate of drug-likeness (QED) is 0.699. The summed E-state index contributed by atoms with van der Waals surface area (Å²) in [5.74, 6) is 0.824. The van der Waals surface area contributed by atoms with Crippen molar-refractivity contribution in [1.29, 1.82) is 0 Å². The van der Waals surface area contributed by atoms with Gasteiger partial charge in [-0.15, -0.1) is 0 Å². The number of carbonyl (C=O) groups is 1. The van der Waals surface area contributed by atoms with Crippen LogP contribution in [0.25, 0.3) is 0 Å². The first-order chi connectivity index (χ1) is 10.3. The lowest BCUT2D eigenvalue weighted by Crippen LogP contribution is -2.06. The molecule has 0 aromatic heterocycles. The maximum atomic E-state index is 12.6. The highest BCUT2D eigenvalue weighted by Crippen LogP contribution is 2.32. The van der Waals surface area contributed by atoms with Crippen LogP contribution < -0.4 is 0 Å². The minimum atomic E-state index is 0.128. The van der Waals surface area contributed by atoms with E-state index in [-0.39, 0.29) is 5.78 Å². The van der Waals surface area contributed by atoms with Gasteiger partial charge in [0, 0.05) is 11.1 Å². The third kappa shape index (κ3) is 3.07. The Labute approximate surface area is 127 Å². The van der Waals surface area contributed by atoms with Gasteiger partial charge in [-0.25, -0.2) is 0 Å². The fourth-order valence-corrected chi connectivity index (χ4v) is 3.33. The van der Waals surface area contributed by atoms with E-state index in [2.05, 4.69) is 12.1 Å². The molecule has 1 fully saturated rings. The number of benzene rings is 2. The highest BCUT2D eigenvalue weighted by Gasteiger charge is 2.16. The summed E-state index contributed by atoms with van der Waals surface area (Å²) in [6.07, 6.45) is 6.65. The molecule has 2 aromatic carbocycles. The van der Waals surface area contributed by atoms with Gasteiger partial charge >= 0.3 is 0 Å². The van der Waals surface area contributed by atoms with Gasteiger partial charge in [0.25, 0.3) is 0 Å². The van der Waals surface area contributed by atoms with E-state index < -0.39 is 0 Å². The van der Waals surface area contributed by atoms with Crippen molar-refractivity contribution in [2.45, 2.75) is 44.9 Å². The van der Waals surface area contributed by atoms with Gasteiger partial charge in [-0.2, -0.15) is 0 Å². The second-order valence-electron chi connectivity index (χ2n) is 6.10. The smallest absolute Gasteiger partial charge is 0.193 e. The van der Waals surface area contributed by atoms with Gasteiger partial charge in [0.15, 0.2) is 5.78 Å². The molecule has 1 saturated carbocycles. The zero-order valence-electron chi connectivity index (χ0n) is 12.6. The first kappa shape index (κ1) is 14.1. The number of aryl methyl sites for hydroxylation is 1. The lowest BCUT2D eigenvalue weighted by Gasteiger charge is -2.22. The first-order valence-electron chi connectivity index (χ1n) is 7.96. The Morgan fingerprint density at radius 3 is 2.24 bits per heavy atom. The van der Waals surface area contributed by atoms with Gasteiger partial charge in [0.05, 0.1) is 0 Å². The van der Waals surface area contributed by atoms with E-state index in [1.165, 1.54) is 37.7 Å². The zero-order valence-corrected chi connectivity index (χ0v) is 12.6. The van der Waals surface area contributed by atoms with Crippen molar-refractivity contribution in [3.8, 4) is 0 Å². The van der Waals surface area contributed by atoms with Crippen molar-refractivity contribution >= 4 is 5.78 Å². The van der Waals surface area contributed by atoms with Crippen LogP contribution in [-0.4, -0.2) is 5.78 Å². The number of hydrogen-bond donors (Lipinski definition) is 0. The molecule has 1 nitrogen and oxygen atoms in total. The average Bonchev–Trinajstić information content (AvgIpc) is 2.56. The maximum Gasteiger partial charge on any atom is 0.193 e. The van der Waals surface area contributed by atoms with E-state index in [9.17, 15) is 4.79 Å². The normalized spacial score (nSPS) is 15.9. The van der Waals surface area contributed by atoms with Crippen LogP contribution in [0.3, 0.4) is 0 Å². The Kier molecular flexibility index (Phi) is 4.19. The van der Waals surface area contributed by atoms with Crippen molar-refractivity contribution in [1.82, 2.24) is 0 Å². The predicted molar refractivity (Wildman–Crippen MR) is 86.9 cm³/mol. The Morgan fingerprint density at radius 2 is 1.57 bits per heavy atom. The third-order valence-electron chi connectivity index (χ3n) is 4.64. The van der Waals surface area contributed by atoms with Crippen LogP contribution in [0.5, 0.6) is 0 Å². The Bertz CT molecular complexity index is 619. The number of rotatable bonds is 3. The highest BCUT2D eigenvalue weighted by molar-refractivity contribution is 6.09. The molecule has 1 heteroatoms. The fraction of sp³-hybridized carbons (Fsp3) is 0.350. The van der Waals surface area contributed by atoms with Crippen LogP contribution in [-0.2, 0) is 0 Å². The molecule has 108 valence electrons. The fourth-order valence-electron chi connectivity index (χ4n) is 3.33. The zero-order chi connectivity index (χ0) is 14.7. The van der Waals surface area contributed by atoms with Crippen LogP contribution in [0, 0.1) is 6.92 Å². The van der Waals surface area contributed by atoms with E-state index >= 15 is 0 Å². The Balaban J connectivity index is 1.80. The Morgan fingerprint density at radius 1 is 0.905 bits per heavy atom. The molecule has 0 heterocycles. The molecule has 1 aliphatic rings. The Hall–Kier alpha value is -1.89. The molecular formula is C20H22O. The number of hydrogen-bond acceptors (Lipinski definition) is 1. The molecule has 0 atom stereocenters. The van der Waals surface area contributed by atoms with E-state index in [1.807, 2.05) is 43.3 Å². The van der Waals surface area contributed by atoms with Gasteiger partial charge in [-0.05, 0) is 36.8 Å². The summed E-state index contributed by atoms with van der Waals surface area (Å²) < 4.78 is 0. The molecule has 0 unspecified atom stereocenters. The molecule has 2 aromatic rings. The molecule has 1 aliphatic carbocycles. The SMILES string of the molecule is Cc1ccccc1C(=O)c1ccc(C2CCCCC2)cc1. The summed E-state index contributed by atoms with van der Waals surface area (Å²) in [5.41, 5.74) is 4.04. The molecule has 0 saturated heterocycles. The van der Waals surface area contributed by atoms with Gasteiger partial charge in [-0.1, -0.05) is 67.8 Å². The molecule has 21 heavy (non-hydrogen) atoms. The minimum Gasteiger partial charge on any atom is -0.289 e. The largest absolute Gasteiger partial charge is 0.289 e. The van der Waals surface area contributed by atoms with E-state index in [0.717, 1.165) is 16.7 Å². The van der Waals surface area contributed by atoms with Crippen molar-refractivity contribution in [3.63, 3.8) is 0 Å². The van der Waals surface area contributed by atoms with Crippen LogP contribution >= 0.6 is 0 Å². The van der Waals surface area contributed by atoms with Crippen molar-refractivity contribution < 1.29 is 4.79 Å². The van der Waals surface area contributed by atoms with Crippen molar-refractivity contribution in [2.75, 3.05) is 0 Å². The summed E-state index contributed by atoms with van der Waals surface area (Å²) in [6.45, 7) is 1.99. The predicted octanol–water partition coefficient (Wildman–Crippen LogP) is 5.27. The summed E-state index contributed by atoms with van der Waals surface area (Å²) in [6, 6.07) is 16.1. The number of ketones is 1. The third-order valence-corrected chi connectivity index (χ3v) is 4.64. The summed E-state index contributed by atoms with van der Waals surface area (Å²) >= 11 is 0. The average molecular weight is 278 g/mol. The van der Waals surface area contributed by atoms with E-state index in [0.29, 0.717) is 5.92 Å². The van der Waals surface area contributed by atoms with Gasteiger partial charge in [0.1, 0.15) is 0 Å². The molecule has 3 rings (SSSR count). The van der Waals surface area contributed by atoms with Crippen LogP contribution in [0.15, 0.2) is 48.5 Å². The van der Waals surface area contributed by atoms with E-state index in [4.69, 9.17) is 0 Å². The second kappa shape index (κ2) is 6.26. The van der Waals surface area contributed by atoms with Gasteiger partial charge in [0.2, 0.25) is 0 Å². The number of carbonyl (C=O) groups excluding carboxylic acids is 1. The van der Waals surface area contributed by atoms with Crippen molar-refractivity contribution in [3.05, 3.63) is 70.8 Å². The molecule has 0 bridgehead atoms.